The fourth-order valence-corrected chi connectivity index (χ4v) is 1.89. The molecule has 0 saturated carbocycles. The van der Waals surface area contributed by atoms with Crippen molar-refractivity contribution in [2.45, 2.75) is 19.8 Å². The highest BCUT2D eigenvalue weighted by atomic mass is 19.1. The van der Waals surface area contributed by atoms with E-state index in [9.17, 15) is 9.18 Å². The third-order valence-electron chi connectivity index (χ3n) is 3.15. The number of benzene rings is 1. The number of rotatable bonds is 7. The number of hydrogen-bond donors (Lipinski definition) is 0. The van der Waals surface area contributed by atoms with E-state index < -0.39 is 0 Å². The summed E-state index contributed by atoms with van der Waals surface area (Å²) in [6.45, 7) is 3.78. The van der Waals surface area contributed by atoms with Gasteiger partial charge in [0.2, 0.25) is 5.91 Å². The van der Waals surface area contributed by atoms with Gasteiger partial charge in [0, 0.05) is 38.8 Å². The minimum absolute atomic E-state index is 0.0146. The van der Waals surface area contributed by atoms with Gasteiger partial charge in [-0.05, 0) is 31.2 Å². The van der Waals surface area contributed by atoms with E-state index in [1.165, 1.54) is 12.1 Å². The van der Waals surface area contributed by atoms with Gasteiger partial charge >= 0.3 is 0 Å². The third kappa shape index (κ3) is 4.88. The molecule has 108 valence electrons. The second-order valence-corrected chi connectivity index (χ2v) is 4.53. The maximum atomic E-state index is 12.9. The first-order valence-corrected chi connectivity index (χ1v) is 6.70. The van der Waals surface area contributed by atoms with E-state index in [1.807, 2.05) is 17.9 Å². The molecule has 0 bridgehead atoms. The van der Waals surface area contributed by atoms with Crippen LogP contribution in [0.15, 0.2) is 24.3 Å². The van der Waals surface area contributed by atoms with Crippen LogP contribution in [0.3, 0.4) is 0 Å². The molecule has 20 heavy (non-hydrogen) atoms. The fraction of sp³-hybridized carbons (Fsp3) is 0.467. The molecule has 0 fully saturated rings. The molecule has 0 aliphatic heterocycles. The van der Waals surface area contributed by atoms with Crippen molar-refractivity contribution in [3.05, 3.63) is 30.1 Å². The average molecular weight is 277 g/mol. The number of carbonyl (C=O) groups is 1. The SMILES string of the molecule is CCN(CCC(=O)N(C)CCC#N)c1ccc(F)cc1. The molecule has 0 saturated heterocycles. The highest BCUT2D eigenvalue weighted by molar-refractivity contribution is 5.76. The number of hydrogen-bond acceptors (Lipinski definition) is 3. The molecule has 0 aliphatic carbocycles. The Kier molecular flexibility index (Phi) is 6.51. The van der Waals surface area contributed by atoms with Gasteiger partial charge in [-0.2, -0.15) is 5.26 Å². The maximum absolute atomic E-state index is 12.9. The summed E-state index contributed by atoms with van der Waals surface area (Å²) in [5.41, 5.74) is 0.904. The zero-order valence-electron chi connectivity index (χ0n) is 12.0. The minimum atomic E-state index is -0.267. The number of amides is 1. The third-order valence-corrected chi connectivity index (χ3v) is 3.15. The molecular weight excluding hydrogens is 257 g/mol. The molecule has 0 atom stereocenters. The molecule has 1 rings (SSSR count). The monoisotopic (exact) mass is 277 g/mol. The molecule has 1 aromatic rings. The Bertz CT molecular complexity index is 467. The molecule has 1 aromatic carbocycles. The van der Waals surface area contributed by atoms with E-state index in [4.69, 9.17) is 5.26 Å². The number of carbonyl (C=O) groups excluding carboxylic acids is 1. The van der Waals surface area contributed by atoms with E-state index >= 15 is 0 Å². The zero-order chi connectivity index (χ0) is 15.0. The molecule has 0 unspecified atom stereocenters. The molecule has 0 radical (unpaired) electrons. The maximum Gasteiger partial charge on any atom is 0.224 e. The number of nitriles is 1. The zero-order valence-corrected chi connectivity index (χ0v) is 12.0. The topological polar surface area (TPSA) is 47.3 Å². The van der Waals surface area contributed by atoms with Crippen molar-refractivity contribution < 1.29 is 9.18 Å². The number of anilines is 1. The van der Waals surface area contributed by atoms with Crippen molar-refractivity contribution in [3.8, 4) is 6.07 Å². The Balaban J connectivity index is 2.51. The molecule has 4 nitrogen and oxygen atoms in total. The van der Waals surface area contributed by atoms with Gasteiger partial charge in [0.1, 0.15) is 5.82 Å². The van der Waals surface area contributed by atoms with E-state index in [1.54, 1.807) is 24.1 Å². The first-order chi connectivity index (χ1) is 9.58. The van der Waals surface area contributed by atoms with Crippen molar-refractivity contribution in [1.29, 1.82) is 5.26 Å². The van der Waals surface area contributed by atoms with Crippen LogP contribution in [0.25, 0.3) is 0 Å². The van der Waals surface area contributed by atoms with Crippen LogP contribution in [0.4, 0.5) is 10.1 Å². The average Bonchev–Trinajstić information content (AvgIpc) is 2.46. The summed E-state index contributed by atoms with van der Waals surface area (Å²) < 4.78 is 12.9. The second-order valence-electron chi connectivity index (χ2n) is 4.53. The molecule has 0 spiro atoms. The van der Waals surface area contributed by atoms with Crippen LogP contribution in [0.5, 0.6) is 0 Å². The lowest BCUT2D eigenvalue weighted by Crippen LogP contribution is -2.32. The lowest BCUT2D eigenvalue weighted by atomic mass is 10.2. The highest BCUT2D eigenvalue weighted by Crippen LogP contribution is 2.15. The fourth-order valence-electron chi connectivity index (χ4n) is 1.89. The molecule has 0 aliphatic rings. The molecule has 5 heteroatoms. The summed E-state index contributed by atoms with van der Waals surface area (Å²) in [5, 5.41) is 8.50. The first-order valence-electron chi connectivity index (χ1n) is 6.70. The summed E-state index contributed by atoms with van der Waals surface area (Å²) in [4.78, 5) is 15.5. The molecular formula is C15H20FN3O. The standard InChI is InChI=1S/C15H20FN3O/c1-3-19(14-7-5-13(16)6-8-14)12-9-15(20)18(2)11-4-10-17/h5-8H,3-4,9,11-12H2,1-2H3. The molecule has 0 heterocycles. The predicted octanol–water partition coefficient (Wildman–Crippen LogP) is 2.41. The lowest BCUT2D eigenvalue weighted by Gasteiger charge is -2.24. The molecule has 0 N–H and O–H groups in total. The van der Waals surface area contributed by atoms with Gasteiger partial charge in [-0.3, -0.25) is 4.79 Å². The Morgan fingerprint density at radius 3 is 2.50 bits per heavy atom. The van der Waals surface area contributed by atoms with Gasteiger partial charge in [-0.15, -0.1) is 0 Å². The van der Waals surface area contributed by atoms with Crippen LogP contribution in [-0.4, -0.2) is 37.5 Å². The minimum Gasteiger partial charge on any atom is -0.371 e. The summed E-state index contributed by atoms with van der Waals surface area (Å²) in [6, 6.07) is 8.27. The highest BCUT2D eigenvalue weighted by Gasteiger charge is 2.11. The van der Waals surface area contributed by atoms with Crippen LogP contribution in [0, 0.1) is 17.1 Å². The summed E-state index contributed by atoms with van der Waals surface area (Å²) >= 11 is 0. The summed E-state index contributed by atoms with van der Waals surface area (Å²) in [7, 11) is 1.70. The van der Waals surface area contributed by atoms with Gasteiger partial charge in [-0.25, -0.2) is 4.39 Å². The Morgan fingerprint density at radius 1 is 1.30 bits per heavy atom. The van der Waals surface area contributed by atoms with Crippen molar-refractivity contribution in [2.75, 3.05) is 31.6 Å². The van der Waals surface area contributed by atoms with Crippen molar-refractivity contribution in [2.24, 2.45) is 0 Å². The molecule has 1 amide bonds. The quantitative estimate of drug-likeness (QED) is 0.769. The van der Waals surface area contributed by atoms with Gasteiger partial charge < -0.3 is 9.80 Å². The first kappa shape index (κ1) is 16.0. The Morgan fingerprint density at radius 2 is 1.95 bits per heavy atom. The summed E-state index contributed by atoms with van der Waals surface area (Å²) in [5.74, 6) is -0.252. The van der Waals surface area contributed by atoms with Crippen LogP contribution in [0.1, 0.15) is 19.8 Å². The van der Waals surface area contributed by atoms with Crippen molar-refractivity contribution in [1.82, 2.24) is 4.90 Å². The van der Waals surface area contributed by atoms with Crippen LogP contribution in [0.2, 0.25) is 0 Å². The second kappa shape index (κ2) is 8.16. The lowest BCUT2D eigenvalue weighted by molar-refractivity contribution is -0.129. The van der Waals surface area contributed by atoms with E-state index in [-0.39, 0.29) is 11.7 Å². The summed E-state index contributed by atoms with van der Waals surface area (Å²) in [6.07, 6.45) is 0.727. The van der Waals surface area contributed by atoms with E-state index in [0.717, 1.165) is 12.2 Å². The van der Waals surface area contributed by atoms with Crippen LogP contribution < -0.4 is 4.90 Å². The van der Waals surface area contributed by atoms with Crippen molar-refractivity contribution in [3.63, 3.8) is 0 Å². The van der Waals surface area contributed by atoms with E-state index in [0.29, 0.717) is 25.9 Å². The molecule has 0 aromatic heterocycles. The Labute approximate surface area is 119 Å². The van der Waals surface area contributed by atoms with Gasteiger partial charge in [0.15, 0.2) is 0 Å². The van der Waals surface area contributed by atoms with Crippen molar-refractivity contribution >= 4 is 11.6 Å². The Hall–Kier alpha value is -2.09. The van der Waals surface area contributed by atoms with Gasteiger partial charge in [-0.1, -0.05) is 0 Å². The largest absolute Gasteiger partial charge is 0.371 e. The predicted molar refractivity (Wildman–Crippen MR) is 76.8 cm³/mol. The number of halogens is 1. The van der Waals surface area contributed by atoms with E-state index in [2.05, 4.69) is 0 Å². The van der Waals surface area contributed by atoms with Crippen LogP contribution >= 0.6 is 0 Å². The van der Waals surface area contributed by atoms with Crippen LogP contribution in [-0.2, 0) is 4.79 Å². The number of nitrogens with zero attached hydrogens (tertiary/aromatic N) is 3. The normalized spacial score (nSPS) is 9.90. The van der Waals surface area contributed by atoms with Gasteiger partial charge in [0.25, 0.3) is 0 Å². The van der Waals surface area contributed by atoms with Gasteiger partial charge in [0.05, 0.1) is 12.5 Å². The smallest absolute Gasteiger partial charge is 0.224 e.